The van der Waals surface area contributed by atoms with E-state index in [1.54, 1.807) is 19.1 Å². The van der Waals surface area contributed by atoms with Crippen LogP contribution < -0.4 is 10.6 Å². The average molecular weight is 314 g/mol. The van der Waals surface area contributed by atoms with Gasteiger partial charge in [0.25, 0.3) is 0 Å². The van der Waals surface area contributed by atoms with Crippen molar-refractivity contribution < 1.29 is 9.18 Å². The van der Waals surface area contributed by atoms with Crippen LogP contribution in [0, 0.1) is 12.7 Å². The highest BCUT2D eigenvalue weighted by Crippen LogP contribution is 2.09. The van der Waals surface area contributed by atoms with E-state index in [0.29, 0.717) is 12.1 Å². The lowest BCUT2D eigenvalue weighted by molar-refractivity contribution is 0.237. The maximum absolute atomic E-state index is 13.2. The zero-order valence-corrected chi connectivity index (χ0v) is 13.6. The number of nitrogens with one attached hydrogen (secondary N) is 2. The van der Waals surface area contributed by atoms with E-state index in [4.69, 9.17) is 0 Å². The van der Waals surface area contributed by atoms with Crippen molar-refractivity contribution in [1.82, 2.24) is 10.6 Å². The molecule has 2 aromatic rings. The topological polar surface area (TPSA) is 41.1 Å². The van der Waals surface area contributed by atoms with Gasteiger partial charge in [-0.25, -0.2) is 9.18 Å². The van der Waals surface area contributed by atoms with Gasteiger partial charge in [0, 0.05) is 12.6 Å². The first-order valence-corrected chi connectivity index (χ1v) is 7.88. The zero-order valence-electron chi connectivity index (χ0n) is 13.6. The molecule has 0 fully saturated rings. The summed E-state index contributed by atoms with van der Waals surface area (Å²) in [5.41, 5.74) is 2.74. The van der Waals surface area contributed by atoms with E-state index >= 15 is 0 Å². The second-order valence-electron chi connectivity index (χ2n) is 5.84. The Morgan fingerprint density at radius 3 is 2.57 bits per heavy atom. The molecule has 0 heterocycles. The predicted octanol–water partition coefficient (Wildman–Crippen LogP) is 3.95. The van der Waals surface area contributed by atoms with Gasteiger partial charge < -0.3 is 10.6 Å². The average Bonchev–Trinajstić information content (AvgIpc) is 2.55. The third-order valence-corrected chi connectivity index (χ3v) is 3.76. The van der Waals surface area contributed by atoms with E-state index in [0.717, 1.165) is 18.4 Å². The number of rotatable bonds is 6. The number of aryl methyl sites for hydroxylation is 2. The highest BCUT2D eigenvalue weighted by Gasteiger charge is 2.07. The predicted molar refractivity (Wildman–Crippen MR) is 90.7 cm³/mol. The number of halogens is 1. The molecule has 1 unspecified atom stereocenters. The fraction of sp³-hybridized carbons (Fsp3) is 0.316. The number of amides is 2. The summed E-state index contributed by atoms with van der Waals surface area (Å²) in [5.74, 6) is -0.229. The summed E-state index contributed by atoms with van der Waals surface area (Å²) in [7, 11) is 0. The Hall–Kier alpha value is -2.36. The molecule has 0 aliphatic rings. The Morgan fingerprint density at radius 2 is 1.87 bits per heavy atom. The molecule has 0 aromatic heterocycles. The summed E-state index contributed by atoms with van der Waals surface area (Å²) in [6.07, 6.45) is 1.81. The van der Waals surface area contributed by atoms with Crippen LogP contribution in [-0.4, -0.2) is 12.1 Å². The molecule has 1 atom stereocenters. The summed E-state index contributed by atoms with van der Waals surface area (Å²) in [6, 6.07) is 14.9. The number of hydrogen-bond acceptors (Lipinski definition) is 1. The molecule has 2 amide bonds. The first-order valence-electron chi connectivity index (χ1n) is 7.88. The molecular formula is C19H23FN2O. The van der Waals surface area contributed by atoms with Crippen molar-refractivity contribution in [1.29, 1.82) is 0 Å². The quantitative estimate of drug-likeness (QED) is 0.832. The Balaban J connectivity index is 1.72. The van der Waals surface area contributed by atoms with Gasteiger partial charge in [0.05, 0.1) is 0 Å². The van der Waals surface area contributed by atoms with Crippen molar-refractivity contribution in [2.45, 2.75) is 39.3 Å². The van der Waals surface area contributed by atoms with Gasteiger partial charge in [-0.05, 0) is 49.4 Å². The molecular weight excluding hydrogens is 291 g/mol. The van der Waals surface area contributed by atoms with Gasteiger partial charge in [-0.3, -0.25) is 0 Å². The first kappa shape index (κ1) is 17.0. The maximum atomic E-state index is 13.2. The van der Waals surface area contributed by atoms with Crippen molar-refractivity contribution in [3.05, 3.63) is 71.0 Å². The van der Waals surface area contributed by atoms with Crippen LogP contribution >= 0.6 is 0 Å². The van der Waals surface area contributed by atoms with Crippen LogP contribution in [0.3, 0.4) is 0 Å². The molecule has 0 saturated heterocycles. The summed E-state index contributed by atoms with van der Waals surface area (Å²) in [4.78, 5) is 11.9. The minimum atomic E-state index is -0.229. The lowest BCUT2D eigenvalue weighted by Crippen LogP contribution is -2.40. The van der Waals surface area contributed by atoms with Gasteiger partial charge >= 0.3 is 6.03 Å². The van der Waals surface area contributed by atoms with Crippen molar-refractivity contribution in [3.63, 3.8) is 0 Å². The van der Waals surface area contributed by atoms with Crippen LogP contribution in [0.1, 0.15) is 30.0 Å². The van der Waals surface area contributed by atoms with Crippen LogP contribution in [0.4, 0.5) is 9.18 Å². The van der Waals surface area contributed by atoms with Gasteiger partial charge in [0.1, 0.15) is 5.82 Å². The van der Waals surface area contributed by atoms with Crippen molar-refractivity contribution in [3.8, 4) is 0 Å². The molecule has 0 aliphatic heterocycles. The SMILES string of the molecule is Cc1cc(CNC(=O)NC(C)CCc2ccccc2)ccc1F. The van der Waals surface area contributed by atoms with E-state index < -0.39 is 0 Å². The van der Waals surface area contributed by atoms with E-state index in [-0.39, 0.29) is 17.9 Å². The van der Waals surface area contributed by atoms with E-state index in [1.165, 1.54) is 11.6 Å². The molecule has 4 heteroatoms. The van der Waals surface area contributed by atoms with Crippen molar-refractivity contribution >= 4 is 6.03 Å². The number of urea groups is 1. The lowest BCUT2D eigenvalue weighted by Gasteiger charge is -2.15. The van der Waals surface area contributed by atoms with E-state index in [1.807, 2.05) is 25.1 Å². The van der Waals surface area contributed by atoms with E-state index in [9.17, 15) is 9.18 Å². The van der Waals surface area contributed by atoms with Crippen LogP contribution in [-0.2, 0) is 13.0 Å². The second-order valence-corrected chi connectivity index (χ2v) is 5.84. The number of carbonyl (C=O) groups excluding carboxylic acids is 1. The summed E-state index contributed by atoms with van der Waals surface area (Å²) in [6.45, 7) is 4.09. The zero-order chi connectivity index (χ0) is 16.7. The lowest BCUT2D eigenvalue weighted by atomic mass is 10.1. The summed E-state index contributed by atoms with van der Waals surface area (Å²) in [5, 5.41) is 5.72. The third-order valence-electron chi connectivity index (χ3n) is 3.76. The van der Waals surface area contributed by atoms with Crippen molar-refractivity contribution in [2.24, 2.45) is 0 Å². The molecule has 2 rings (SSSR count). The molecule has 0 spiro atoms. The normalized spacial score (nSPS) is 11.8. The summed E-state index contributed by atoms with van der Waals surface area (Å²) >= 11 is 0. The first-order chi connectivity index (χ1) is 11.0. The molecule has 23 heavy (non-hydrogen) atoms. The van der Waals surface area contributed by atoms with Gasteiger partial charge in [-0.2, -0.15) is 0 Å². The maximum Gasteiger partial charge on any atom is 0.315 e. The van der Waals surface area contributed by atoms with Gasteiger partial charge in [-0.15, -0.1) is 0 Å². The van der Waals surface area contributed by atoms with E-state index in [2.05, 4.69) is 22.8 Å². The molecule has 0 aliphatic carbocycles. The fourth-order valence-corrected chi connectivity index (χ4v) is 2.37. The Labute approximate surface area is 136 Å². The van der Waals surface area contributed by atoms with Gasteiger partial charge in [-0.1, -0.05) is 42.5 Å². The molecule has 122 valence electrons. The molecule has 2 N–H and O–H groups in total. The second kappa shape index (κ2) is 8.32. The van der Waals surface area contributed by atoms with Crippen molar-refractivity contribution in [2.75, 3.05) is 0 Å². The molecule has 0 bridgehead atoms. The Morgan fingerprint density at radius 1 is 1.13 bits per heavy atom. The highest BCUT2D eigenvalue weighted by atomic mass is 19.1. The number of carbonyl (C=O) groups is 1. The Kier molecular flexibility index (Phi) is 6.15. The highest BCUT2D eigenvalue weighted by molar-refractivity contribution is 5.74. The monoisotopic (exact) mass is 314 g/mol. The van der Waals surface area contributed by atoms with Crippen LogP contribution in [0.5, 0.6) is 0 Å². The van der Waals surface area contributed by atoms with Gasteiger partial charge in [0.15, 0.2) is 0 Å². The number of hydrogen-bond donors (Lipinski definition) is 2. The largest absolute Gasteiger partial charge is 0.336 e. The Bertz CT molecular complexity index is 643. The molecule has 0 radical (unpaired) electrons. The molecule has 0 saturated carbocycles. The fourth-order valence-electron chi connectivity index (χ4n) is 2.37. The molecule has 3 nitrogen and oxygen atoms in total. The van der Waals surface area contributed by atoms with Gasteiger partial charge in [0.2, 0.25) is 0 Å². The minimum absolute atomic E-state index is 0.0881. The molecule has 2 aromatic carbocycles. The van der Waals surface area contributed by atoms with Crippen LogP contribution in [0.25, 0.3) is 0 Å². The minimum Gasteiger partial charge on any atom is -0.336 e. The number of benzene rings is 2. The third kappa shape index (κ3) is 5.74. The smallest absolute Gasteiger partial charge is 0.315 e. The summed E-state index contributed by atoms with van der Waals surface area (Å²) < 4.78 is 13.2. The standard InChI is InChI=1S/C19H23FN2O/c1-14-12-17(10-11-18(14)20)13-21-19(23)22-15(2)8-9-16-6-4-3-5-7-16/h3-7,10-12,15H,8-9,13H2,1-2H3,(H2,21,22,23). The van der Waals surface area contributed by atoms with Crippen LogP contribution in [0.2, 0.25) is 0 Å². The van der Waals surface area contributed by atoms with Crippen LogP contribution in [0.15, 0.2) is 48.5 Å².